The third-order valence-corrected chi connectivity index (χ3v) is 5.08. The van der Waals surface area contributed by atoms with Gasteiger partial charge in [0.05, 0.1) is 6.26 Å². The highest BCUT2D eigenvalue weighted by Crippen LogP contribution is 2.22. The third kappa shape index (κ3) is 5.98. The maximum atomic E-state index is 12.4. The lowest BCUT2D eigenvalue weighted by Gasteiger charge is -2.36. The molecule has 1 saturated heterocycles. The first kappa shape index (κ1) is 23.3. The number of hydrogen-bond donors (Lipinski definition) is 1. The highest BCUT2D eigenvalue weighted by atomic mass is 127. The van der Waals surface area contributed by atoms with Crippen molar-refractivity contribution in [2.75, 3.05) is 33.2 Å². The molecule has 0 saturated carbocycles. The van der Waals surface area contributed by atoms with E-state index in [2.05, 4.69) is 60.2 Å². The number of piperazine rings is 1. The highest BCUT2D eigenvalue weighted by Gasteiger charge is 2.25. The molecule has 7 heteroatoms. The van der Waals surface area contributed by atoms with Gasteiger partial charge in [-0.3, -0.25) is 9.79 Å². The molecule has 1 aromatic carbocycles. The number of amides is 1. The fourth-order valence-electron chi connectivity index (χ4n) is 3.31. The number of halogens is 1. The number of benzene rings is 1. The van der Waals surface area contributed by atoms with Crippen LogP contribution in [-0.2, 0) is 12.0 Å². The third-order valence-electron chi connectivity index (χ3n) is 5.08. The van der Waals surface area contributed by atoms with Gasteiger partial charge in [0.1, 0.15) is 0 Å². The topological polar surface area (TPSA) is 61.1 Å². The second-order valence-electron chi connectivity index (χ2n) is 8.10. The molecule has 1 aliphatic rings. The van der Waals surface area contributed by atoms with Gasteiger partial charge in [-0.2, -0.15) is 0 Å². The van der Waals surface area contributed by atoms with Crippen LogP contribution in [0.3, 0.4) is 0 Å². The predicted octanol–water partition coefficient (Wildman–Crippen LogP) is 3.73. The van der Waals surface area contributed by atoms with Crippen molar-refractivity contribution in [3.63, 3.8) is 0 Å². The average Bonchev–Trinajstić information content (AvgIpc) is 3.23. The Morgan fingerprint density at radius 3 is 2.21 bits per heavy atom. The van der Waals surface area contributed by atoms with Crippen LogP contribution in [0, 0.1) is 0 Å². The molecule has 1 amide bonds. The van der Waals surface area contributed by atoms with Crippen LogP contribution in [0.1, 0.15) is 42.5 Å². The van der Waals surface area contributed by atoms with Crippen molar-refractivity contribution in [3.05, 3.63) is 59.5 Å². The van der Waals surface area contributed by atoms with Crippen LogP contribution in [0.4, 0.5) is 0 Å². The number of aliphatic imine (C=N–C) groups is 1. The molecule has 29 heavy (non-hydrogen) atoms. The van der Waals surface area contributed by atoms with Crippen molar-refractivity contribution in [2.24, 2.45) is 4.99 Å². The molecule has 2 aromatic rings. The largest absolute Gasteiger partial charge is 0.459 e. The lowest BCUT2D eigenvalue weighted by molar-refractivity contribution is 0.0657. The summed E-state index contributed by atoms with van der Waals surface area (Å²) in [4.78, 5) is 20.8. The van der Waals surface area contributed by atoms with E-state index < -0.39 is 0 Å². The van der Waals surface area contributed by atoms with E-state index >= 15 is 0 Å². The Bertz CT molecular complexity index is 802. The molecule has 2 heterocycles. The summed E-state index contributed by atoms with van der Waals surface area (Å²) in [7, 11) is 1.80. The number of rotatable bonds is 3. The van der Waals surface area contributed by atoms with E-state index in [9.17, 15) is 4.79 Å². The summed E-state index contributed by atoms with van der Waals surface area (Å²) in [6, 6.07) is 12.2. The van der Waals surface area contributed by atoms with Crippen molar-refractivity contribution in [1.82, 2.24) is 15.1 Å². The fourth-order valence-corrected chi connectivity index (χ4v) is 3.31. The van der Waals surface area contributed by atoms with Crippen molar-refractivity contribution >= 4 is 35.8 Å². The number of guanidine groups is 1. The first-order valence-electron chi connectivity index (χ1n) is 9.76. The molecule has 0 radical (unpaired) electrons. The summed E-state index contributed by atoms with van der Waals surface area (Å²) < 4.78 is 5.22. The fraction of sp³-hybridized carbons (Fsp3) is 0.455. The number of hydrogen-bond acceptors (Lipinski definition) is 3. The lowest BCUT2D eigenvalue weighted by Crippen LogP contribution is -2.53. The first-order chi connectivity index (χ1) is 13.4. The molecule has 0 aliphatic carbocycles. The van der Waals surface area contributed by atoms with E-state index in [-0.39, 0.29) is 35.3 Å². The van der Waals surface area contributed by atoms with E-state index in [0.29, 0.717) is 18.8 Å². The summed E-state index contributed by atoms with van der Waals surface area (Å²) in [5.41, 5.74) is 2.72. The molecule has 0 bridgehead atoms. The standard InChI is InChI=1S/C22H30N4O2.HI/c1-22(2,3)18-9-7-17(8-10-18)16-24-21(23-4)26-13-11-25(12-14-26)20(27)19-6-5-15-28-19;/h5-10,15H,11-14,16H2,1-4H3,(H,23,24);1H. The Balaban J connectivity index is 0.00000300. The molecule has 1 N–H and O–H groups in total. The molecular weight excluding hydrogens is 479 g/mol. The van der Waals surface area contributed by atoms with Crippen LogP contribution in [0.2, 0.25) is 0 Å². The molecule has 1 aromatic heterocycles. The number of carbonyl (C=O) groups excluding carboxylic acids is 1. The van der Waals surface area contributed by atoms with Crippen LogP contribution < -0.4 is 5.32 Å². The molecule has 6 nitrogen and oxygen atoms in total. The summed E-state index contributed by atoms with van der Waals surface area (Å²) in [6.45, 7) is 10.2. The zero-order valence-electron chi connectivity index (χ0n) is 17.6. The van der Waals surface area contributed by atoms with E-state index in [4.69, 9.17) is 4.42 Å². The molecule has 0 unspecified atom stereocenters. The number of nitrogens with zero attached hydrogens (tertiary/aromatic N) is 3. The first-order valence-corrected chi connectivity index (χ1v) is 9.76. The number of furan rings is 1. The van der Waals surface area contributed by atoms with Gasteiger partial charge in [-0.1, -0.05) is 45.0 Å². The van der Waals surface area contributed by atoms with Gasteiger partial charge in [0, 0.05) is 39.8 Å². The lowest BCUT2D eigenvalue weighted by atomic mass is 9.87. The van der Waals surface area contributed by atoms with Gasteiger partial charge >= 0.3 is 0 Å². The molecule has 0 spiro atoms. The molecule has 3 rings (SSSR count). The Hall–Kier alpha value is -2.03. The van der Waals surface area contributed by atoms with Crippen LogP contribution in [0.25, 0.3) is 0 Å². The van der Waals surface area contributed by atoms with E-state index in [1.165, 1.54) is 17.4 Å². The number of carbonyl (C=O) groups is 1. The monoisotopic (exact) mass is 510 g/mol. The van der Waals surface area contributed by atoms with Gasteiger partial charge in [0.15, 0.2) is 11.7 Å². The predicted molar refractivity (Wildman–Crippen MR) is 127 cm³/mol. The Labute approximate surface area is 190 Å². The second kappa shape index (κ2) is 10.1. The van der Waals surface area contributed by atoms with Crippen LogP contribution in [0.15, 0.2) is 52.1 Å². The summed E-state index contributed by atoms with van der Waals surface area (Å²) in [5, 5.41) is 3.44. The molecule has 1 fully saturated rings. The van der Waals surface area contributed by atoms with Crippen molar-refractivity contribution < 1.29 is 9.21 Å². The normalized spacial score (nSPS) is 15.1. The van der Waals surface area contributed by atoms with Crippen LogP contribution in [-0.4, -0.2) is 54.9 Å². The molecule has 0 atom stereocenters. The van der Waals surface area contributed by atoms with E-state index in [1.807, 2.05) is 4.90 Å². The molecule has 1 aliphatic heterocycles. The average molecular weight is 510 g/mol. The molecule has 158 valence electrons. The quantitative estimate of drug-likeness (QED) is 0.389. The summed E-state index contributed by atoms with van der Waals surface area (Å²) in [5.74, 6) is 1.21. The maximum Gasteiger partial charge on any atom is 0.289 e. The smallest absolute Gasteiger partial charge is 0.289 e. The minimum atomic E-state index is -0.0495. The van der Waals surface area contributed by atoms with Gasteiger partial charge in [-0.05, 0) is 28.7 Å². The Morgan fingerprint density at radius 2 is 1.69 bits per heavy atom. The van der Waals surface area contributed by atoms with E-state index in [1.54, 1.807) is 19.2 Å². The second-order valence-corrected chi connectivity index (χ2v) is 8.10. The van der Waals surface area contributed by atoms with Crippen LogP contribution in [0.5, 0.6) is 0 Å². The zero-order chi connectivity index (χ0) is 20.1. The van der Waals surface area contributed by atoms with Crippen LogP contribution >= 0.6 is 24.0 Å². The summed E-state index contributed by atoms with van der Waals surface area (Å²) in [6.07, 6.45) is 1.53. The van der Waals surface area contributed by atoms with Gasteiger partial charge in [-0.15, -0.1) is 24.0 Å². The maximum absolute atomic E-state index is 12.4. The van der Waals surface area contributed by atoms with Gasteiger partial charge < -0.3 is 19.5 Å². The van der Waals surface area contributed by atoms with Gasteiger partial charge in [-0.25, -0.2) is 0 Å². The zero-order valence-corrected chi connectivity index (χ0v) is 20.0. The van der Waals surface area contributed by atoms with Crippen molar-refractivity contribution in [1.29, 1.82) is 0 Å². The van der Waals surface area contributed by atoms with Gasteiger partial charge in [0.2, 0.25) is 0 Å². The van der Waals surface area contributed by atoms with E-state index in [0.717, 1.165) is 25.6 Å². The Morgan fingerprint density at radius 1 is 1.07 bits per heavy atom. The highest BCUT2D eigenvalue weighted by molar-refractivity contribution is 14.0. The number of nitrogens with one attached hydrogen (secondary N) is 1. The SMILES string of the molecule is CN=C(NCc1ccc(C(C)(C)C)cc1)N1CCN(C(=O)c2ccco2)CC1.I. The van der Waals surface area contributed by atoms with Gasteiger partial charge in [0.25, 0.3) is 5.91 Å². The molecular formula is C22H31IN4O2. The van der Waals surface area contributed by atoms with Crippen molar-refractivity contribution in [3.8, 4) is 0 Å². The Kier molecular flexibility index (Phi) is 8.13. The minimum absolute atomic E-state index is 0. The summed E-state index contributed by atoms with van der Waals surface area (Å²) >= 11 is 0. The minimum Gasteiger partial charge on any atom is -0.459 e. The van der Waals surface area contributed by atoms with Crippen molar-refractivity contribution in [2.45, 2.75) is 32.7 Å².